The van der Waals surface area contributed by atoms with Crippen LogP contribution in [-0.2, 0) is 0 Å². The summed E-state index contributed by atoms with van der Waals surface area (Å²) in [7, 11) is 0. The third-order valence-corrected chi connectivity index (χ3v) is 3.82. The Morgan fingerprint density at radius 3 is 3.27 bits per heavy atom. The van der Waals surface area contributed by atoms with E-state index in [2.05, 4.69) is 22.2 Å². The second-order valence-electron chi connectivity index (χ2n) is 3.73. The number of nitrogens with one attached hydrogen (secondary N) is 1. The Balaban J connectivity index is 2.04. The molecule has 1 saturated heterocycles. The highest BCUT2D eigenvalue weighted by molar-refractivity contribution is 7.99. The van der Waals surface area contributed by atoms with Crippen molar-refractivity contribution in [3.8, 4) is 0 Å². The molecular weight excluding hydrogens is 206 g/mol. The number of aromatic nitrogens is 2. The standard InChI is InChI=1S/C11H17N3S/c1-2-6-12-10-5-7-13-11(14-10)9-4-3-8-15-9/h5,7,9H,2-4,6,8H2,1H3,(H,12,13,14). The quantitative estimate of drug-likeness (QED) is 0.851. The monoisotopic (exact) mass is 223 g/mol. The molecule has 0 radical (unpaired) electrons. The average Bonchev–Trinajstić information content (AvgIpc) is 2.80. The van der Waals surface area contributed by atoms with Crippen molar-refractivity contribution in [3.05, 3.63) is 18.1 Å². The van der Waals surface area contributed by atoms with Gasteiger partial charge >= 0.3 is 0 Å². The molecule has 1 atom stereocenters. The summed E-state index contributed by atoms with van der Waals surface area (Å²) in [5.41, 5.74) is 0. The van der Waals surface area contributed by atoms with Gasteiger partial charge in [-0.25, -0.2) is 9.97 Å². The minimum absolute atomic E-state index is 0.522. The van der Waals surface area contributed by atoms with Crippen molar-refractivity contribution in [3.63, 3.8) is 0 Å². The smallest absolute Gasteiger partial charge is 0.143 e. The Hall–Kier alpha value is -0.770. The van der Waals surface area contributed by atoms with Crippen LogP contribution in [0.3, 0.4) is 0 Å². The van der Waals surface area contributed by atoms with Gasteiger partial charge in [0.15, 0.2) is 0 Å². The highest BCUT2D eigenvalue weighted by atomic mass is 32.2. The predicted molar refractivity (Wildman–Crippen MR) is 65.2 cm³/mol. The molecule has 0 spiro atoms. The molecule has 0 aliphatic carbocycles. The zero-order chi connectivity index (χ0) is 10.5. The lowest BCUT2D eigenvalue weighted by molar-refractivity contribution is 0.776. The number of hydrogen-bond acceptors (Lipinski definition) is 4. The normalized spacial score (nSPS) is 20.5. The van der Waals surface area contributed by atoms with Crippen LogP contribution in [0.5, 0.6) is 0 Å². The molecule has 2 heterocycles. The van der Waals surface area contributed by atoms with Crippen LogP contribution in [0.2, 0.25) is 0 Å². The van der Waals surface area contributed by atoms with Crippen LogP contribution >= 0.6 is 11.8 Å². The predicted octanol–water partition coefficient (Wildman–Crippen LogP) is 2.87. The lowest BCUT2D eigenvalue weighted by atomic mass is 10.2. The summed E-state index contributed by atoms with van der Waals surface area (Å²) in [5.74, 6) is 3.22. The third kappa shape index (κ3) is 2.84. The first kappa shape index (κ1) is 10.7. The van der Waals surface area contributed by atoms with Crippen LogP contribution in [0, 0.1) is 0 Å². The van der Waals surface area contributed by atoms with E-state index in [4.69, 9.17) is 0 Å². The molecule has 1 unspecified atom stereocenters. The van der Waals surface area contributed by atoms with Crippen molar-refractivity contribution in [1.82, 2.24) is 9.97 Å². The van der Waals surface area contributed by atoms with Crippen molar-refractivity contribution in [1.29, 1.82) is 0 Å². The maximum Gasteiger partial charge on any atom is 0.143 e. The van der Waals surface area contributed by atoms with E-state index in [0.29, 0.717) is 5.25 Å². The molecule has 82 valence electrons. The van der Waals surface area contributed by atoms with E-state index in [-0.39, 0.29) is 0 Å². The zero-order valence-corrected chi connectivity index (χ0v) is 9.89. The first-order valence-corrected chi connectivity index (χ1v) is 6.63. The molecule has 1 N–H and O–H groups in total. The largest absolute Gasteiger partial charge is 0.370 e. The van der Waals surface area contributed by atoms with Crippen LogP contribution in [-0.4, -0.2) is 22.3 Å². The SMILES string of the molecule is CCCNc1ccnc(C2CCCS2)n1. The summed E-state index contributed by atoms with van der Waals surface area (Å²) in [5, 5.41) is 3.82. The van der Waals surface area contributed by atoms with E-state index in [1.54, 1.807) is 0 Å². The molecule has 1 fully saturated rings. The third-order valence-electron chi connectivity index (χ3n) is 2.45. The fraction of sp³-hybridized carbons (Fsp3) is 0.636. The van der Waals surface area contributed by atoms with Gasteiger partial charge in [0.1, 0.15) is 11.6 Å². The minimum Gasteiger partial charge on any atom is -0.370 e. The number of rotatable bonds is 4. The van der Waals surface area contributed by atoms with Crippen molar-refractivity contribution in [2.45, 2.75) is 31.4 Å². The second-order valence-corrected chi connectivity index (χ2v) is 5.04. The van der Waals surface area contributed by atoms with Gasteiger partial charge in [0.05, 0.1) is 5.25 Å². The Labute approximate surface area is 95.1 Å². The van der Waals surface area contributed by atoms with Crippen LogP contribution in [0.1, 0.15) is 37.3 Å². The van der Waals surface area contributed by atoms with E-state index >= 15 is 0 Å². The number of hydrogen-bond donors (Lipinski definition) is 1. The van der Waals surface area contributed by atoms with Crippen LogP contribution in [0.4, 0.5) is 5.82 Å². The van der Waals surface area contributed by atoms with Gasteiger partial charge in [-0.15, -0.1) is 0 Å². The average molecular weight is 223 g/mol. The summed E-state index contributed by atoms with van der Waals surface area (Å²) in [6, 6.07) is 1.94. The fourth-order valence-electron chi connectivity index (χ4n) is 1.66. The van der Waals surface area contributed by atoms with E-state index in [1.165, 1.54) is 18.6 Å². The van der Waals surface area contributed by atoms with E-state index in [9.17, 15) is 0 Å². The Morgan fingerprint density at radius 1 is 1.60 bits per heavy atom. The fourth-order valence-corrected chi connectivity index (χ4v) is 2.88. The van der Waals surface area contributed by atoms with Gasteiger partial charge < -0.3 is 5.32 Å². The molecule has 0 bridgehead atoms. The Bertz CT molecular complexity index is 310. The van der Waals surface area contributed by atoms with E-state index in [1.807, 2.05) is 24.0 Å². The molecule has 3 nitrogen and oxygen atoms in total. The molecule has 1 aliphatic heterocycles. The molecule has 2 rings (SSSR count). The van der Waals surface area contributed by atoms with Gasteiger partial charge in [-0.05, 0) is 31.1 Å². The van der Waals surface area contributed by atoms with Gasteiger partial charge in [-0.2, -0.15) is 11.8 Å². The maximum absolute atomic E-state index is 4.55. The molecule has 0 amide bonds. The van der Waals surface area contributed by atoms with Crippen molar-refractivity contribution in [2.75, 3.05) is 17.6 Å². The van der Waals surface area contributed by atoms with E-state index in [0.717, 1.165) is 24.6 Å². The van der Waals surface area contributed by atoms with Gasteiger partial charge in [0, 0.05) is 12.7 Å². The summed E-state index contributed by atoms with van der Waals surface area (Å²) in [6.07, 6.45) is 5.50. The molecule has 1 aromatic rings. The summed E-state index contributed by atoms with van der Waals surface area (Å²) >= 11 is 1.98. The first-order chi connectivity index (χ1) is 7.40. The maximum atomic E-state index is 4.55. The molecule has 1 aliphatic rings. The van der Waals surface area contributed by atoms with Crippen molar-refractivity contribution in [2.24, 2.45) is 0 Å². The minimum atomic E-state index is 0.522. The summed E-state index contributed by atoms with van der Waals surface area (Å²) in [4.78, 5) is 8.91. The Kier molecular flexibility index (Phi) is 3.83. The molecular formula is C11H17N3S. The Morgan fingerprint density at radius 2 is 2.53 bits per heavy atom. The van der Waals surface area contributed by atoms with Crippen LogP contribution in [0.15, 0.2) is 12.3 Å². The van der Waals surface area contributed by atoms with Gasteiger partial charge in [-0.3, -0.25) is 0 Å². The van der Waals surface area contributed by atoms with Gasteiger partial charge in [0.25, 0.3) is 0 Å². The molecule has 15 heavy (non-hydrogen) atoms. The summed E-state index contributed by atoms with van der Waals surface area (Å²) in [6.45, 7) is 3.14. The van der Waals surface area contributed by atoms with Gasteiger partial charge in [-0.1, -0.05) is 6.92 Å². The molecule has 4 heteroatoms. The van der Waals surface area contributed by atoms with Crippen LogP contribution < -0.4 is 5.32 Å². The van der Waals surface area contributed by atoms with Gasteiger partial charge in [0.2, 0.25) is 0 Å². The molecule has 0 saturated carbocycles. The second kappa shape index (κ2) is 5.35. The van der Waals surface area contributed by atoms with Crippen molar-refractivity contribution < 1.29 is 0 Å². The van der Waals surface area contributed by atoms with Crippen LogP contribution in [0.25, 0.3) is 0 Å². The molecule has 0 aromatic carbocycles. The number of thioether (sulfide) groups is 1. The van der Waals surface area contributed by atoms with Crippen molar-refractivity contribution >= 4 is 17.6 Å². The van der Waals surface area contributed by atoms with E-state index < -0.39 is 0 Å². The highest BCUT2D eigenvalue weighted by Crippen LogP contribution is 2.38. The highest BCUT2D eigenvalue weighted by Gasteiger charge is 2.20. The summed E-state index contributed by atoms with van der Waals surface area (Å²) < 4.78 is 0. The topological polar surface area (TPSA) is 37.8 Å². The first-order valence-electron chi connectivity index (χ1n) is 5.58. The lowest BCUT2D eigenvalue weighted by Gasteiger charge is -2.09. The zero-order valence-electron chi connectivity index (χ0n) is 9.07. The molecule has 1 aromatic heterocycles. The lowest BCUT2D eigenvalue weighted by Crippen LogP contribution is -2.05. The number of nitrogens with zero attached hydrogens (tertiary/aromatic N) is 2. The number of anilines is 1.